The predicted octanol–water partition coefficient (Wildman–Crippen LogP) is 2.46. The van der Waals surface area contributed by atoms with E-state index in [0.29, 0.717) is 4.90 Å². The lowest BCUT2D eigenvalue weighted by Crippen LogP contribution is -2.34. The number of thioether (sulfide) groups is 1. The van der Waals surface area contributed by atoms with Crippen molar-refractivity contribution in [2.75, 3.05) is 18.5 Å². The van der Waals surface area contributed by atoms with Crippen LogP contribution in [0.2, 0.25) is 0 Å². The number of hydrogen-bond acceptors (Lipinski definition) is 6. The molecule has 12 heteroatoms. The number of rotatable bonds is 6. The lowest BCUT2D eigenvalue weighted by Gasteiger charge is -2.20. The molecule has 0 spiro atoms. The van der Waals surface area contributed by atoms with E-state index >= 15 is 0 Å². The number of benzene rings is 1. The number of nitriles is 1. The average molecular weight is 407 g/mol. The Morgan fingerprint density at radius 2 is 1.89 bits per heavy atom. The second-order valence-corrected chi connectivity index (χ2v) is 6.27. The van der Waals surface area contributed by atoms with Gasteiger partial charge in [0.05, 0.1) is 24.4 Å². The molecule has 144 valence electrons. The summed E-state index contributed by atoms with van der Waals surface area (Å²) in [5.41, 5.74) is -1.08. The van der Waals surface area contributed by atoms with Crippen molar-refractivity contribution < 1.29 is 36.6 Å². The van der Waals surface area contributed by atoms with Gasteiger partial charge in [-0.2, -0.15) is 27.2 Å². The largest absolute Gasteiger partial charge is 0.464 e. The quantitative estimate of drug-likeness (QED) is 0.428. The molecule has 1 aromatic carbocycles. The zero-order valence-corrected chi connectivity index (χ0v) is 14.0. The molecular weight excluding hydrogens is 397 g/mol. The number of anilines is 1. The first kappa shape index (κ1) is 20.7. The molecule has 1 heterocycles. The lowest BCUT2D eigenvalue weighted by atomic mass is 10.2. The molecule has 0 aromatic heterocycles. The fraction of sp³-hybridized carbons (Fsp3) is 0.267. The third-order valence-electron chi connectivity index (χ3n) is 3.31. The van der Waals surface area contributed by atoms with Gasteiger partial charge in [0.2, 0.25) is 0 Å². The van der Waals surface area contributed by atoms with Crippen LogP contribution in [0.5, 0.6) is 0 Å². The first-order chi connectivity index (χ1) is 12.5. The third kappa shape index (κ3) is 4.20. The highest BCUT2D eigenvalue weighted by atomic mass is 32.2. The van der Waals surface area contributed by atoms with Gasteiger partial charge >= 0.3 is 11.4 Å². The maximum atomic E-state index is 13.3. The number of aliphatic hydroxyl groups is 1. The van der Waals surface area contributed by atoms with Crippen LogP contribution in [0.25, 0.3) is 0 Å². The van der Waals surface area contributed by atoms with E-state index in [1.807, 2.05) is 0 Å². The van der Waals surface area contributed by atoms with Crippen molar-refractivity contribution >= 4 is 29.3 Å². The molecule has 0 bridgehead atoms. The number of alkyl halides is 5. The van der Waals surface area contributed by atoms with Crippen LogP contribution in [0.4, 0.5) is 27.6 Å². The maximum Gasteiger partial charge on any atom is 0.464 e. The number of imide groups is 1. The van der Waals surface area contributed by atoms with E-state index in [4.69, 9.17) is 5.11 Å². The minimum atomic E-state index is -5.82. The van der Waals surface area contributed by atoms with Crippen molar-refractivity contribution in [2.45, 2.75) is 16.3 Å². The number of aliphatic hydroxyl groups excluding tert-OH is 1. The first-order valence-corrected chi connectivity index (χ1v) is 7.95. The summed E-state index contributed by atoms with van der Waals surface area (Å²) in [5.74, 6) is -1.58. The Labute approximate surface area is 153 Å². The van der Waals surface area contributed by atoms with E-state index < -0.39 is 52.1 Å². The molecule has 1 aliphatic heterocycles. The Bertz CT molecular complexity index is 848. The molecule has 27 heavy (non-hydrogen) atoms. The van der Waals surface area contributed by atoms with E-state index in [9.17, 15) is 36.8 Å². The zero-order chi connectivity index (χ0) is 20.4. The summed E-state index contributed by atoms with van der Waals surface area (Å²) in [4.78, 5) is 23.8. The lowest BCUT2D eigenvalue weighted by molar-refractivity contribution is -0.237. The summed E-state index contributed by atoms with van der Waals surface area (Å²) in [7, 11) is 0. The molecule has 0 fully saturated rings. The smallest absolute Gasteiger partial charge is 0.395 e. The van der Waals surface area contributed by atoms with E-state index in [-0.39, 0.29) is 17.9 Å². The van der Waals surface area contributed by atoms with Crippen LogP contribution in [0.15, 0.2) is 34.9 Å². The molecular formula is C15H10F5N3O3S. The molecule has 6 nitrogen and oxygen atoms in total. The molecule has 1 aromatic rings. The van der Waals surface area contributed by atoms with Gasteiger partial charge < -0.3 is 10.4 Å². The Morgan fingerprint density at radius 3 is 2.44 bits per heavy atom. The zero-order valence-electron chi connectivity index (χ0n) is 13.2. The summed E-state index contributed by atoms with van der Waals surface area (Å²) < 4.78 is 63.8. The number of nitrogens with zero attached hydrogens (tertiary/aromatic N) is 2. The highest BCUT2D eigenvalue weighted by Crippen LogP contribution is 2.48. The number of carbonyl (C=O) groups excluding carboxylic acids is 2. The van der Waals surface area contributed by atoms with Crippen molar-refractivity contribution in [1.82, 2.24) is 4.90 Å². The Kier molecular flexibility index (Phi) is 5.76. The summed E-state index contributed by atoms with van der Waals surface area (Å²) in [6.45, 7) is -0.765. The van der Waals surface area contributed by atoms with Crippen LogP contribution in [-0.4, -0.2) is 46.4 Å². The Balaban J connectivity index is 2.33. The van der Waals surface area contributed by atoms with Crippen molar-refractivity contribution in [2.24, 2.45) is 0 Å². The van der Waals surface area contributed by atoms with Crippen molar-refractivity contribution in [3.05, 3.63) is 35.5 Å². The molecule has 2 amide bonds. The molecule has 0 aliphatic carbocycles. The molecule has 0 saturated heterocycles. The van der Waals surface area contributed by atoms with E-state index in [0.717, 1.165) is 18.2 Å². The van der Waals surface area contributed by atoms with Gasteiger partial charge in [-0.15, -0.1) is 0 Å². The monoisotopic (exact) mass is 407 g/mol. The molecule has 1 aliphatic rings. The topological polar surface area (TPSA) is 93.4 Å². The van der Waals surface area contributed by atoms with Crippen molar-refractivity contribution in [3.8, 4) is 6.07 Å². The van der Waals surface area contributed by atoms with Crippen molar-refractivity contribution in [1.29, 1.82) is 5.26 Å². The van der Waals surface area contributed by atoms with E-state index in [2.05, 4.69) is 5.32 Å². The van der Waals surface area contributed by atoms with Gasteiger partial charge in [0.25, 0.3) is 11.8 Å². The number of carbonyl (C=O) groups is 2. The average Bonchev–Trinajstić information content (AvgIpc) is 2.82. The van der Waals surface area contributed by atoms with Gasteiger partial charge in [0.1, 0.15) is 11.8 Å². The number of nitrogens with one attached hydrogen (secondary N) is 1. The Morgan fingerprint density at radius 1 is 1.22 bits per heavy atom. The summed E-state index contributed by atoms with van der Waals surface area (Å²) in [5, 5.41) is 15.3. The Hall–Kier alpha value is -2.65. The number of β-amino-alcohol motifs (C(OH)–C–C–N with tert-alkyl or cyclic N) is 1. The van der Waals surface area contributed by atoms with Crippen LogP contribution >= 0.6 is 11.8 Å². The molecule has 0 atom stereocenters. The van der Waals surface area contributed by atoms with Gasteiger partial charge in [-0.3, -0.25) is 14.5 Å². The van der Waals surface area contributed by atoms with Crippen LogP contribution in [0, 0.1) is 11.3 Å². The normalized spacial score (nSPS) is 15.0. The molecule has 0 unspecified atom stereocenters. The predicted molar refractivity (Wildman–Crippen MR) is 83.5 cm³/mol. The molecule has 2 rings (SSSR count). The van der Waals surface area contributed by atoms with Gasteiger partial charge in [-0.1, -0.05) is 6.07 Å². The SMILES string of the molecule is N#Cc1c(NC2=CC(=O)N(CCO)C2=O)cccc1SC(F)(F)C(F)(F)F. The number of halogens is 5. The highest BCUT2D eigenvalue weighted by molar-refractivity contribution is 8.00. The van der Waals surface area contributed by atoms with Gasteiger partial charge in [-0.25, -0.2) is 0 Å². The van der Waals surface area contributed by atoms with E-state index in [1.54, 1.807) is 0 Å². The van der Waals surface area contributed by atoms with Crippen LogP contribution in [-0.2, 0) is 9.59 Å². The van der Waals surface area contributed by atoms with Crippen LogP contribution in [0.1, 0.15) is 5.56 Å². The standard InChI is InChI=1S/C15H10F5N3O3S/c16-14(17,18)15(19,20)27-11-3-1-2-9(8(11)7-21)22-10-6-12(25)23(4-5-24)13(10)26/h1-3,6,22,24H,4-5H2. The number of amides is 2. The minimum absolute atomic E-state index is 0.223. The second-order valence-electron chi connectivity index (χ2n) is 5.11. The fourth-order valence-corrected chi connectivity index (χ4v) is 2.88. The third-order valence-corrected chi connectivity index (χ3v) is 4.36. The first-order valence-electron chi connectivity index (χ1n) is 7.14. The fourth-order valence-electron chi connectivity index (χ4n) is 2.09. The highest BCUT2D eigenvalue weighted by Gasteiger charge is 2.58. The van der Waals surface area contributed by atoms with Gasteiger partial charge in [0.15, 0.2) is 0 Å². The van der Waals surface area contributed by atoms with Crippen LogP contribution < -0.4 is 5.32 Å². The maximum absolute atomic E-state index is 13.3. The molecule has 2 N–H and O–H groups in total. The number of hydrogen-bond donors (Lipinski definition) is 2. The molecule has 0 radical (unpaired) electrons. The molecule has 0 saturated carbocycles. The summed E-state index contributed by atoms with van der Waals surface area (Å²) in [6, 6.07) is 4.72. The second kappa shape index (κ2) is 7.53. The van der Waals surface area contributed by atoms with Crippen molar-refractivity contribution in [3.63, 3.8) is 0 Å². The van der Waals surface area contributed by atoms with Gasteiger partial charge in [0, 0.05) is 11.0 Å². The summed E-state index contributed by atoms with van der Waals surface area (Å²) >= 11 is -0.850. The van der Waals surface area contributed by atoms with Crippen LogP contribution in [0.3, 0.4) is 0 Å². The van der Waals surface area contributed by atoms with E-state index in [1.165, 1.54) is 12.1 Å². The van der Waals surface area contributed by atoms with Gasteiger partial charge in [-0.05, 0) is 23.9 Å². The summed E-state index contributed by atoms with van der Waals surface area (Å²) in [6.07, 6.45) is -4.96. The minimum Gasteiger partial charge on any atom is -0.395 e.